The highest BCUT2D eigenvalue weighted by Gasteiger charge is 2.36. The number of sulfonamides is 1. The van der Waals surface area contributed by atoms with Gasteiger partial charge in [0, 0.05) is 32.1 Å². The molecule has 2 fully saturated rings. The molecular formula is C15H19FN2O3S. The minimum Gasteiger partial charge on any atom is -0.340 e. The van der Waals surface area contributed by atoms with Crippen molar-refractivity contribution in [1.82, 2.24) is 9.21 Å². The van der Waals surface area contributed by atoms with Gasteiger partial charge >= 0.3 is 0 Å². The van der Waals surface area contributed by atoms with Crippen LogP contribution >= 0.6 is 0 Å². The molecule has 0 spiro atoms. The van der Waals surface area contributed by atoms with Crippen LogP contribution in [0.15, 0.2) is 24.3 Å². The summed E-state index contributed by atoms with van der Waals surface area (Å²) in [6, 6.07) is 5.49. The lowest BCUT2D eigenvalue weighted by atomic mass is 10.2. The van der Waals surface area contributed by atoms with E-state index in [1.165, 1.54) is 28.6 Å². The number of rotatable bonds is 4. The second kappa shape index (κ2) is 5.96. The highest BCUT2D eigenvalue weighted by atomic mass is 32.2. The molecule has 0 bridgehead atoms. The van der Waals surface area contributed by atoms with Crippen LogP contribution in [0.2, 0.25) is 0 Å². The molecule has 1 saturated carbocycles. The first-order valence-corrected chi connectivity index (χ1v) is 9.08. The van der Waals surface area contributed by atoms with E-state index < -0.39 is 10.0 Å². The average Bonchev–Trinajstić information content (AvgIpc) is 3.34. The summed E-state index contributed by atoms with van der Waals surface area (Å²) in [7, 11) is -3.43. The molecule has 5 nitrogen and oxygen atoms in total. The van der Waals surface area contributed by atoms with Crippen LogP contribution in [-0.4, -0.2) is 49.7 Å². The third kappa shape index (κ3) is 3.47. The van der Waals surface area contributed by atoms with Gasteiger partial charge in [0.2, 0.25) is 15.9 Å². The van der Waals surface area contributed by atoms with Crippen LogP contribution in [0.3, 0.4) is 0 Å². The molecular weight excluding hydrogens is 307 g/mol. The number of carbonyl (C=O) groups excluding carboxylic acids is 1. The van der Waals surface area contributed by atoms with Crippen LogP contribution in [0, 0.1) is 11.7 Å². The fourth-order valence-corrected chi connectivity index (χ4v) is 4.17. The summed E-state index contributed by atoms with van der Waals surface area (Å²) in [4.78, 5) is 13.7. The number of carbonyl (C=O) groups is 1. The Kier molecular flexibility index (Phi) is 4.18. The largest absolute Gasteiger partial charge is 0.340 e. The van der Waals surface area contributed by atoms with Crippen LogP contribution in [-0.2, 0) is 20.6 Å². The lowest BCUT2D eigenvalue weighted by molar-refractivity contribution is -0.133. The van der Waals surface area contributed by atoms with Crippen molar-refractivity contribution in [3.05, 3.63) is 35.6 Å². The third-order valence-electron chi connectivity index (χ3n) is 4.13. The van der Waals surface area contributed by atoms with Crippen molar-refractivity contribution < 1.29 is 17.6 Å². The van der Waals surface area contributed by atoms with Crippen molar-refractivity contribution >= 4 is 15.9 Å². The normalized spacial score (nSPS) is 20.1. The molecule has 1 aliphatic carbocycles. The van der Waals surface area contributed by atoms with Gasteiger partial charge in [0.05, 0.1) is 5.75 Å². The lowest BCUT2D eigenvalue weighted by Crippen LogP contribution is -2.51. The van der Waals surface area contributed by atoms with E-state index in [0.717, 1.165) is 12.8 Å². The molecule has 1 saturated heterocycles. The smallest absolute Gasteiger partial charge is 0.225 e. The fraction of sp³-hybridized carbons (Fsp3) is 0.533. The summed E-state index contributed by atoms with van der Waals surface area (Å²) >= 11 is 0. The number of halogens is 1. The molecule has 7 heteroatoms. The molecule has 2 aliphatic rings. The lowest BCUT2D eigenvalue weighted by Gasteiger charge is -2.34. The number of hydrogen-bond acceptors (Lipinski definition) is 3. The van der Waals surface area contributed by atoms with Crippen LogP contribution in [0.5, 0.6) is 0 Å². The number of amides is 1. The first-order chi connectivity index (χ1) is 10.5. The van der Waals surface area contributed by atoms with Gasteiger partial charge in [-0.25, -0.2) is 12.8 Å². The van der Waals surface area contributed by atoms with Crippen LogP contribution in [0.4, 0.5) is 4.39 Å². The van der Waals surface area contributed by atoms with Gasteiger partial charge in [-0.3, -0.25) is 4.79 Å². The summed E-state index contributed by atoms with van der Waals surface area (Å²) in [6.07, 6.45) is 1.92. The quantitative estimate of drug-likeness (QED) is 0.836. The zero-order valence-corrected chi connectivity index (χ0v) is 13.1. The minimum atomic E-state index is -3.43. The van der Waals surface area contributed by atoms with E-state index in [0.29, 0.717) is 31.7 Å². The maximum atomic E-state index is 12.9. The predicted molar refractivity (Wildman–Crippen MR) is 79.9 cm³/mol. The second-order valence-electron chi connectivity index (χ2n) is 5.88. The van der Waals surface area contributed by atoms with E-state index >= 15 is 0 Å². The molecule has 1 heterocycles. The van der Waals surface area contributed by atoms with Gasteiger partial charge in [-0.05, 0) is 30.5 Å². The molecule has 0 radical (unpaired) electrons. The second-order valence-corrected chi connectivity index (χ2v) is 7.85. The van der Waals surface area contributed by atoms with Crippen molar-refractivity contribution in [3.8, 4) is 0 Å². The zero-order valence-electron chi connectivity index (χ0n) is 12.2. The average molecular weight is 326 g/mol. The van der Waals surface area contributed by atoms with Gasteiger partial charge in [0.25, 0.3) is 0 Å². The molecule has 0 unspecified atom stereocenters. The van der Waals surface area contributed by atoms with Gasteiger partial charge in [-0.1, -0.05) is 12.1 Å². The Labute approximate surface area is 129 Å². The summed E-state index contributed by atoms with van der Waals surface area (Å²) in [5.74, 6) is -0.185. The molecule has 1 aromatic carbocycles. The summed E-state index contributed by atoms with van der Waals surface area (Å²) in [5, 5.41) is 0. The minimum absolute atomic E-state index is 0.135. The molecule has 0 atom stereocenters. The Bertz CT molecular complexity index is 648. The summed E-state index contributed by atoms with van der Waals surface area (Å²) in [6.45, 7) is 1.58. The third-order valence-corrected chi connectivity index (χ3v) is 5.98. The van der Waals surface area contributed by atoms with Gasteiger partial charge in [-0.15, -0.1) is 0 Å². The Morgan fingerprint density at radius 1 is 1.09 bits per heavy atom. The van der Waals surface area contributed by atoms with Crippen molar-refractivity contribution in [2.75, 3.05) is 26.2 Å². The zero-order chi connectivity index (χ0) is 15.7. The number of nitrogens with zero attached hydrogens (tertiary/aromatic N) is 2. The highest BCUT2D eigenvalue weighted by Crippen LogP contribution is 2.31. The van der Waals surface area contributed by atoms with E-state index in [-0.39, 0.29) is 23.4 Å². The molecule has 1 aliphatic heterocycles. The van der Waals surface area contributed by atoms with Crippen LogP contribution in [0.25, 0.3) is 0 Å². The van der Waals surface area contributed by atoms with E-state index in [9.17, 15) is 17.6 Å². The number of hydrogen-bond donors (Lipinski definition) is 0. The Morgan fingerprint density at radius 2 is 1.68 bits per heavy atom. The molecule has 1 amide bonds. The summed E-state index contributed by atoms with van der Waals surface area (Å²) in [5.41, 5.74) is 0.567. The standard InChI is InChI=1S/C15H19FN2O3S/c16-14-5-1-12(2-6-14)11-22(20,21)18-9-7-17(8-10-18)15(19)13-3-4-13/h1-2,5-6,13H,3-4,7-11H2. The van der Waals surface area contributed by atoms with Gasteiger partial charge in [0.15, 0.2) is 0 Å². The topological polar surface area (TPSA) is 57.7 Å². The molecule has 0 aromatic heterocycles. The van der Waals surface area contributed by atoms with Crippen LogP contribution in [0.1, 0.15) is 18.4 Å². The van der Waals surface area contributed by atoms with E-state index in [1.807, 2.05) is 0 Å². The molecule has 1 aromatic rings. The van der Waals surface area contributed by atoms with E-state index in [1.54, 1.807) is 4.90 Å². The van der Waals surface area contributed by atoms with Gasteiger partial charge < -0.3 is 4.90 Å². The van der Waals surface area contributed by atoms with Crippen LogP contribution < -0.4 is 0 Å². The van der Waals surface area contributed by atoms with Crippen molar-refractivity contribution in [2.24, 2.45) is 5.92 Å². The molecule has 3 rings (SSSR count). The molecule has 0 N–H and O–H groups in total. The van der Waals surface area contributed by atoms with E-state index in [4.69, 9.17) is 0 Å². The molecule has 120 valence electrons. The van der Waals surface area contributed by atoms with Crippen molar-refractivity contribution in [1.29, 1.82) is 0 Å². The summed E-state index contributed by atoms with van der Waals surface area (Å²) < 4.78 is 39.1. The molecule has 22 heavy (non-hydrogen) atoms. The Balaban J connectivity index is 1.59. The SMILES string of the molecule is O=C(C1CC1)N1CCN(S(=O)(=O)Cc2ccc(F)cc2)CC1. The van der Waals surface area contributed by atoms with Gasteiger partial charge in [0.1, 0.15) is 5.82 Å². The fourth-order valence-electron chi connectivity index (χ4n) is 2.66. The maximum Gasteiger partial charge on any atom is 0.225 e. The van der Waals surface area contributed by atoms with Crippen molar-refractivity contribution in [3.63, 3.8) is 0 Å². The van der Waals surface area contributed by atoms with E-state index in [2.05, 4.69) is 0 Å². The number of piperazine rings is 1. The Morgan fingerprint density at radius 3 is 2.23 bits per heavy atom. The van der Waals surface area contributed by atoms with Crippen molar-refractivity contribution in [2.45, 2.75) is 18.6 Å². The monoisotopic (exact) mass is 326 g/mol. The maximum absolute atomic E-state index is 12.9. The number of benzene rings is 1. The predicted octanol–water partition coefficient (Wildman–Crippen LogP) is 1.21. The highest BCUT2D eigenvalue weighted by molar-refractivity contribution is 7.88. The van der Waals surface area contributed by atoms with Gasteiger partial charge in [-0.2, -0.15) is 4.31 Å². The first kappa shape index (κ1) is 15.4. The Hall–Kier alpha value is -1.47. The first-order valence-electron chi connectivity index (χ1n) is 7.47.